The fourth-order valence-corrected chi connectivity index (χ4v) is 10.2. The number of phosphoric acid groups is 1. The SMILES string of the molecule is CCCCCCC/C=C/CC/C=C/CC/C=C/C(O)C(COP(=O)(O)OCC[N+](C)(C)C)NC(=O)CCCCCCCCCCCCCCCCCCCCCCCCCCC/C=C\CCCCCCCCCC. The van der Waals surface area contributed by atoms with Crippen LogP contribution >= 0.6 is 7.82 Å². The fourth-order valence-electron chi connectivity index (χ4n) is 9.48. The molecule has 0 fully saturated rings. The minimum atomic E-state index is -4.36. The van der Waals surface area contributed by atoms with E-state index < -0.39 is 20.0 Å². The van der Waals surface area contributed by atoms with Crippen LogP contribution in [0.5, 0.6) is 0 Å². The van der Waals surface area contributed by atoms with Gasteiger partial charge in [0, 0.05) is 6.42 Å². The van der Waals surface area contributed by atoms with E-state index in [0.29, 0.717) is 17.4 Å². The van der Waals surface area contributed by atoms with E-state index in [-0.39, 0.29) is 19.1 Å². The van der Waals surface area contributed by atoms with Gasteiger partial charge in [-0.05, 0) is 70.6 Å². The van der Waals surface area contributed by atoms with Crippen molar-refractivity contribution in [2.45, 2.75) is 321 Å². The molecule has 0 aromatic carbocycles. The molecule has 0 spiro atoms. The van der Waals surface area contributed by atoms with Gasteiger partial charge in [-0.1, -0.05) is 281 Å². The van der Waals surface area contributed by atoms with Crippen molar-refractivity contribution in [1.82, 2.24) is 5.32 Å². The maximum Gasteiger partial charge on any atom is 0.472 e. The minimum absolute atomic E-state index is 0.0543. The van der Waals surface area contributed by atoms with Crippen molar-refractivity contribution in [3.05, 3.63) is 48.6 Å². The number of rotatable bonds is 59. The molecule has 0 aliphatic heterocycles. The van der Waals surface area contributed by atoms with Gasteiger partial charge in [-0.2, -0.15) is 0 Å². The lowest BCUT2D eigenvalue weighted by molar-refractivity contribution is -0.870. The number of quaternary nitrogens is 1. The van der Waals surface area contributed by atoms with E-state index >= 15 is 0 Å². The Labute approximate surface area is 460 Å². The highest BCUT2D eigenvalue weighted by Gasteiger charge is 2.27. The van der Waals surface area contributed by atoms with Gasteiger partial charge in [0.15, 0.2) is 0 Å². The van der Waals surface area contributed by atoms with Gasteiger partial charge in [0.25, 0.3) is 0 Å². The van der Waals surface area contributed by atoms with Gasteiger partial charge in [0.2, 0.25) is 5.91 Å². The number of hydrogen-bond acceptors (Lipinski definition) is 5. The molecule has 0 heterocycles. The van der Waals surface area contributed by atoms with Crippen LogP contribution in [0.4, 0.5) is 0 Å². The topological polar surface area (TPSA) is 105 Å². The van der Waals surface area contributed by atoms with Gasteiger partial charge in [-0.15, -0.1) is 0 Å². The summed E-state index contributed by atoms with van der Waals surface area (Å²) in [5, 5.41) is 13.9. The number of unbranched alkanes of at least 4 members (excludes halogenated alkanes) is 40. The van der Waals surface area contributed by atoms with E-state index in [0.717, 1.165) is 44.9 Å². The molecule has 0 saturated carbocycles. The quantitative estimate of drug-likeness (QED) is 0.0243. The Morgan fingerprint density at radius 2 is 0.743 bits per heavy atom. The first-order valence-corrected chi connectivity index (χ1v) is 33.5. The van der Waals surface area contributed by atoms with Crippen molar-refractivity contribution in [3.8, 4) is 0 Å². The molecule has 436 valence electrons. The van der Waals surface area contributed by atoms with Crippen molar-refractivity contribution in [3.63, 3.8) is 0 Å². The third-order valence-electron chi connectivity index (χ3n) is 14.5. The highest BCUT2D eigenvalue weighted by molar-refractivity contribution is 7.47. The van der Waals surface area contributed by atoms with Crippen LogP contribution in [-0.2, 0) is 18.4 Å². The summed E-state index contributed by atoms with van der Waals surface area (Å²) in [5.41, 5.74) is 0. The van der Waals surface area contributed by atoms with Crippen molar-refractivity contribution in [2.75, 3.05) is 40.9 Å². The maximum absolute atomic E-state index is 13.0. The zero-order valence-electron chi connectivity index (χ0n) is 49.8. The van der Waals surface area contributed by atoms with Crippen LogP contribution in [0.2, 0.25) is 0 Å². The first-order chi connectivity index (χ1) is 36.0. The summed E-state index contributed by atoms with van der Waals surface area (Å²) < 4.78 is 23.7. The number of aliphatic hydroxyl groups excluding tert-OH is 1. The van der Waals surface area contributed by atoms with Crippen molar-refractivity contribution in [2.24, 2.45) is 0 Å². The summed E-state index contributed by atoms with van der Waals surface area (Å²) in [6, 6.07) is -0.869. The number of nitrogens with one attached hydrogen (secondary N) is 1. The molecule has 3 N–H and O–H groups in total. The normalized spacial score (nSPS) is 14.1. The van der Waals surface area contributed by atoms with Gasteiger partial charge < -0.3 is 19.8 Å². The van der Waals surface area contributed by atoms with Crippen molar-refractivity contribution >= 4 is 13.7 Å². The third-order valence-corrected chi connectivity index (χ3v) is 15.5. The number of phosphoric ester groups is 1. The highest BCUT2D eigenvalue weighted by Crippen LogP contribution is 2.43. The monoisotopic (exact) mass is 1060 g/mol. The number of allylic oxidation sites excluding steroid dienone is 7. The molecule has 8 nitrogen and oxygen atoms in total. The van der Waals surface area contributed by atoms with Crippen molar-refractivity contribution < 1.29 is 32.9 Å². The number of carbonyl (C=O) groups is 1. The van der Waals surface area contributed by atoms with Crippen LogP contribution in [0.25, 0.3) is 0 Å². The lowest BCUT2D eigenvalue weighted by Gasteiger charge is -2.25. The number of carbonyl (C=O) groups excluding carboxylic acids is 1. The number of nitrogens with zero attached hydrogens (tertiary/aromatic N) is 1. The summed E-state index contributed by atoms with van der Waals surface area (Å²) >= 11 is 0. The van der Waals surface area contributed by atoms with Crippen LogP contribution in [0.15, 0.2) is 48.6 Å². The molecule has 0 saturated heterocycles. The van der Waals surface area contributed by atoms with Crippen molar-refractivity contribution in [1.29, 1.82) is 0 Å². The molecule has 3 unspecified atom stereocenters. The second-order valence-electron chi connectivity index (χ2n) is 23.1. The summed E-state index contributed by atoms with van der Waals surface area (Å²) in [4.78, 5) is 23.3. The predicted octanol–water partition coefficient (Wildman–Crippen LogP) is 19.9. The summed E-state index contributed by atoms with van der Waals surface area (Å²) in [6.07, 6.45) is 75.5. The molecule has 0 rings (SSSR count). The van der Waals surface area contributed by atoms with Gasteiger partial charge in [0.05, 0.1) is 39.9 Å². The van der Waals surface area contributed by atoms with Crippen LogP contribution in [0, 0.1) is 0 Å². The molecule has 0 bridgehead atoms. The highest BCUT2D eigenvalue weighted by atomic mass is 31.2. The fraction of sp³-hybridized carbons (Fsp3) is 0.862. The minimum Gasteiger partial charge on any atom is -0.387 e. The molecular formula is C65H126N2O6P+. The van der Waals surface area contributed by atoms with Crippen LogP contribution < -0.4 is 5.32 Å². The van der Waals surface area contributed by atoms with E-state index in [4.69, 9.17) is 9.05 Å². The Morgan fingerprint density at radius 1 is 0.446 bits per heavy atom. The molecular weight excluding hydrogens is 936 g/mol. The molecule has 0 aromatic rings. The third kappa shape index (κ3) is 58.1. The summed E-state index contributed by atoms with van der Waals surface area (Å²) in [7, 11) is 1.55. The first-order valence-electron chi connectivity index (χ1n) is 32.0. The van der Waals surface area contributed by atoms with Gasteiger partial charge in [-0.25, -0.2) is 4.57 Å². The average molecular weight is 1060 g/mol. The molecule has 74 heavy (non-hydrogen) atoms. The Balaban J connectivity index is 3.95. The Hall–Kier alpha value is -1.54. The van der Waals surface area contributed by atoms with E-state index in [2.05, 4.69) is 55.6 Å². The average Bonchev–Trinajstić information content (AvgIpc) is 3.36. The molecule has 0 radical (unpaired) electrons. The van der Waals surface area contributed by atoms with Crippen LogP contribution in [-0.4, -0.2) is 73.4 Å². The van der Waals surface area contributed by atoms with Gasteiger partial charge in [-0.3, -0.25) is 13.8 Å². The number of likely N-dealkylation sites (N-methyl/N-ethyl adjacent to an activating group) is 1. The molecule has 1 amide bonds. The summed E-state index contributed by atoms with van der Waals surface area (Å²) in [6.45, 7) is 4.80. The molecule has 3 atom stereocenters. The maximum atomic E-state index is 13.0. The van der Waals surface area contributed by atoms with Gasteiger partial charge in [0.1, 0.15) is 13.2 Å². The zero-order valence-corrected chi connectivity index (χ0v) is 50.7. The lowest BCUT2D eigenvalue weighted by atomic mass is 10.0. The Kier molecular flexibility index (Phi) is 55.0. The van der Waals surface area contributed by atoms with E-state index in [9.17, 15) is 19.4 Å². The molecule has 9 heteroatoms. The Morgan fingerprint density at radius 3 is 1.08 bits per heavy atom. The second-order valence-corrected chi connectivity index (χ2v) is 24.6. The predicted molar refractivity (Wildman–Crippen MR) is 323 cm³/mol. The second kappa shape index (κ2) is 56.2. The standard InChI is InChI=1S/C65H125N2O6P/c1-6-8-10-12-14-16-18-20-22-23-24-25-26-27-28-29-30-31-32-33-34-35-36-37-38-39-40-41-42-43-45-47-49-51-53-55-57-59-65(69)66-63(62-73-74(70,71)72-61-60-67(3,4)5)64(68)58-56-54-52-50-48-46-44-21-19-17-15-13-11-9-7-2/h19,21,23-24,48,50,56,58,63-64,68H,6-18,20,22,25-47,49,51-55,57,59-62H2,1-5H3,(H-,66,69,70,71)/p+1/b21-19+,24-23-,50-48+,58-56+. The number of aliphatic hydroxyl groups is 1. The zero-order chi connectivity index (χ0) is 54.2. The summed E-state index contributed by atoms with van der Waals surface area (Å²) in [5.74, 6) is -0.187. The molecule has 0 aliphatic carbocycles. The van der Waals surface area contributed by atoms with Crippen LogP contribution in [0.3, 0.4) is 0 Å². The lowest BCUT2D eigenvalue weighted by Crippen LogP contribution is -2.45. The van der Waals surface area contributed by atoms with Gasteiger partial charge >= 0.3 is 7.82 Å². The largest absolute Gasteiger partial charge is 0.472 e. The van der Waals surface area contributed by atoms with E-state index in [1.54, 1.807) is 6.08 Å². The van der Waals surface area contributed by atoms with Crippen LogP contribution in [0.1, 0.15) is 309 Å². The molecule has 0 aliphatic rings. The smallest absolute Gasteiger partial charge is 0.387 e. The van der Waals surface area contributed by atoms with E-state index in [1.807, 2.05) is 27.2 Å². The first kappa shape index (κ1) is 72.5. The number of amides is 1. The number of hydrogen-bond donors (Lipinski definition) is 3. The Bertz CT molecular complexity index is 1340. The van der Waals surface area contributed by atoms with E-state index in [1.165, 1.54) is 244 Å². The molecule has 0 aromatic heterocycles.